The van der Waals surface area contributed by atoms with Gasteiger partial charge in [-0.15, -0.1) is 0 Å². The van der Waals surface area contributed by atoms with Crippen molar-refractivity contribution >= 4 is 0 Å². The zero-order chi connectivity index (χ0) is 11.7. The molecule has 0 spiro atoms. The molecule has 2 N–H and O–H groups in total. The highest BCUT2D eigenvalue weighted by Crippen LogP contribution is 2.20. The van der Waals surface area contributed by atoms with E-state index in [-0.39, 0.29) is 0 Å². The maximum absolute atomic E-state index is 5.55. The molecule has 1 saturated carbocycles. The largest absolute Gasteiger partial charge is 0.460 e. The van der Waals surface area contributed by atoms with Crippen LogP contribution in [0.4, 0.5) is 0 Å². The summed E-state index contributed by atoms with van der Waals surface area (Å²) in [6.45, 7) is 2.94. The van der Waals surface area contributed by atoms with Crippen LogP contribution in [0.3, 0.4) is 0 Å². The normalized spacial score (nSPS) is 15.4. The summed E-state index contributed by atoms with van der Waals surface area (Å²) < 4.78 is 5.55. The SMILES string of the molecule is Cc1ccc(-c2cnc(CCNC3CC3)[nH]2)o1. The molecule has 1 aliphatic carbocycles. The monoisotopic (exact) mass is 231 g/mol. The summed E-state index contributed by atoms with van der Waals surface area (Å²) in [4.78, 5) is 7.66. The molecule has 2 aromatic rings. The predicted molar refractivity (Wildman–Crippen MR) is 65.8 cm³/mol. The highest BCUT2D eigenvalue weighted by atomic mass is 16.3. The van der Waals surface area contributed by atoms with Crippen LogP contribution in [0, 0.1) is 6.92 Å². The summed E-state index contributed by atoms with van der Waals surface area (Å²) in [5.41, 5.74) is 0.958. The van der Waals surface area contributed by atoms with Gasteiger partial charge in [0.25, 0.3) is 0 Å². The average molecular weight is 231 g/mol. The number of nitrogens with zero attached hydrogens (tertiary/aromatic N) is 1. The van der Waals surface area contributed by atoms with Gasteiger partial charge in [-0.05, 0) is 31.9 Å². The van der Waals surface area contributed by atoms with Gasteiger partial charge in [0.05, 0.1) is 6.20 Å². The third kappa shape index (κ3) is 2.58. The summed E-state index contributed by atoms with van der Waals surface area (Å²) in [6, 6.07) is 4.69. The molecule has 1 fully saturated rings. The molecular formula is C13H17N3O. The van der Waals surface area contributed by atoms with E-state index in [2.05, 4.69) is 15.3 Å². The minimum atomic E-state index is 0.761. The Kier molecular flexibility index (Phi) is 2.73. The predicted octanol–water partition coefficient (Wildman–Crippen LogP) is 2.27. The van der Waals surface area contributed by atoms with Crippen molar-refractivity contribution in [3.05, 3.63) is 29.9 Å². The summed E-state index contributed by atoms with van der Waals surface area (Å²) in [6.07, 6.45) is 5.44. The van der Waals surface area contributed by atoms with Crippen molar-refractivity contribution in [3.63, 3.8) is 0 Å². The van der Waals surface area contributed by atoms with E-state index in [1.165, 1.54) is 12.8 Å². The van der Waals surface area contributed by atoms with Crippen LogP contribution in [0.1, 0.15) is 24.4 Å². The minimum Gasteiger partial charge on any atom is -0.460 e. The molecule has 0 amide bonds. The van der Waals surface area contributed by atoms with Crippen molar-refractivity contribution in [2.45, 2.75) is 32.2 Å². The zero-order valence-corrected chi connectivity index (χ0v) is 9.99. The molecule has 2 aromatic heterocycles. The van der Waals surface area contributed by atoms with Crippen molar-refractivity contribution in [3.8, 4) is 11.5 Å². The molecule has 90 valence electrons. The number of imidazole rings is 1. The number of hydrogen-bond donors (Lipinski definition) is 2. The lowest BCUT2D eigenvalue weighted by molar-refractivity contribution is 0.546. The first-order valence-corrected chi connectivity index (χ1v) is 6.15. The highest BCUT2D eigenvalue weighted by Gasteiger charge is 2.19. The van der Waals surface area contributed by atoms with Crippen LogP contribution < -0.4 is 5.32 Å². The third-order valence-electron chi connectivity index (χ3n) is 3.01. The van der Waals surface area contributed by atoms with E-state index >= 15 is 0 Å². The summed E-state index contributed by atoms with van der Waals surface area (Å²) >= 11 is 0. The molecule has 0 aliphatic heterocycles. The van der Waals surface area contributed by atoms with Crippen LogP contribution in [-0.2, 0) is 6.42 Å². The molecule has 0 unspecified atom stereocenters. The number of nitrogens with one attached hydrogen (secondary N) is 2. The van der Waals surface area contributed by atoms with Gasteiger partial charge in [-0.25, -0.2) is 4.98 Å². The standard InChI is InChI=1S/C13H17N3O/c1-9-2-5-12(17-9)11-8-15-13(16-11)6-7-14-10-3-4-10/h2,5,8,10,14H,3-4,6-7H2,1H3,(H,15,16). The Morgan fingerprint density at radius 2 is 2.35 bits per heavy atom. The molecule has 4 heteroatoms. The van der Waals surface area contributed by atoms with Gasteiger partial charge in [0.15, 0.2) is 5.76 Å². The fraction of sp³-hybridized carbons (Fsp3) is 0.462. The van der Waals surface area contributed by atoms with E-state index in [0.717, 1.165) is 42.0 Å². The lowest BCUT2D eigenvalue weighted by atomic mass is 10.3. The number of furan rings is 1. The Morgan fingerprint density at radius 1 is 1.47 bits per heavy atom. The van der Waals surface area contributed by atoms with Crippen molar-refractivity contribution in [2.24, 2.45) is 0 Å². The van der Waals surface area contributed by atoms with E-state index < -0.39 is 0 Å². The second kappa shape index (κ2) is 4.37. The summed E-state index contributed by atoms with van der Waals surface area (Å²) in [7, 11) is 0. The molecule has 3 rings (SSSR count). The first-order valence-electron chi connectivity index (χ1n) is 6.15. The highest BCUT2D eigenvalue weighted by molar-refractivity contribution is 5.51. The molecule has 1 aliphatic rings. The number of aryl methyl sites for hydroxylation is 1. The molecule has 0 saturated heterocycles. The van der Waals surface area contributed by atoms with Crippen molar-refractivity contribution in [1.29, 1.82) is 0 Å². The molecule has 0 bridgehead atoms. The smallest absolute Gasteiger partial charge is 0.152 e. The molecular weight excluding hydrogens is 214 g/mol. The van der Waals surface area contributed by atoms with Gasteiger partial charge in [-0.2, -0.15) is 0 Å². The lowest BCUT2D eigenvalue weighted by Crippen LogP contribution is -2.19. The van der Waals surface area contributed by atoms with Gasteiger partial charge >= 0.3 is 0 Å². The third-order valence-corrected chi connectivity index (χ3v) is 3.01. The van der Waals surface area contributed by atoms with Crippen LogP contribution >= 0.6 is 0 Å². The molecule has 4 nitrogen and oxygen atoms in total. The summed E-state index contributed by atoms with van der Waals surface area (Å²) in [5, 5.41) is 3.47. The first kappa shape index (κ1) is 10.6. The molecule has 0 radical (unpaired) electrons. The topological polar surface area (TPSA) is 53.9 Å². The van der Waals surface area contributed by atoms with Crippen LogP contribution in [0.25, 0.3) is 11.5 Å². The molecule has 0 aromatic carbocycles. The van der Waals surface area contributed by atoms with Crippen LogP contribution in [0.2, 0.25) is 0 Å². The Balaban J connectivity index is 1.61. The Bertz CT molecular complexity index is 496. The number of H-pyrrole nitrogens is 1. The first-order chi connectivity index (χ1) is 8.31. The van der Waals surface area contributed by atoms with Gasteiger partial charge < -0.3 is 14.7 Å². The van der Waals surface area contributed by atoms with Gasteiger partial charge in [-0.3, -0.25) is 0 Å². The van der Waals surface area contributed by atoms with Gasteiger partial charge in [0.2, 0.25) is 0 Å². The van der Waals surface area contributed by atoms with Crippen LogP contribution in [0.5, 0.6) is 0 Å². The molecule has 0 atom stereocenters. The number of rotatable bonds is 5. The Labute approximate surface area is 100 Å². The molecule has 2 heterocycles. The zero-order valence-electron chi connectivity index (χ0n) is 9.99. The van der Waals surface area contributed by atoms with E-state index in [0.29, 0.717) is 0 Å². The van der Waals surface area contributed by atoms with E-state index in [1.807, 2.05) is 25.3 Å². The number of aromatic nitrogens is 2. The van der Waals surface area contributed by atoms with Crippen molar-refractivity contribution < 1.29 is 4.42 Å². The molecule has 17 heavy (non-hydrogen) atoms. The van der Waals surface area contributed by atoms with E-state index in [9.17, 15) is 0 Å². The lowest BCUT2D eigenvalue weighted by Gasteiger charge is -1.99. The quantitative estimate of drug-likeness (QED) is 0.830. The van der Waals surface area contributed by atoms with Gasteiger partial charge in [0, 0.05) is 19.0 Å². The second-order valence-electron chi connectivity index (χ2n) is 4.63. The fourth-order valence-corrected chi connectivity index (χ4v) is 1.88. The van der Waals surface area contributed by atoms with Gasteiger partial charge in [0.1, 0.15) is 17.3 Å². The summed E-state index contributed by atoms with van der Waals surface area (Å²) in [5.74, 6) is 2.80. The maximum atomic E-state index is 5.55. The van der Waals surface area contributed by atoms with Crippen LogP contribution in [0.15, 0.2) is 22.7 Å². The van der Waals surface area contributed by atoms with Crippen molar-refractivity contribution in [2.75, 3.05) is 6.54 Å². The number of hydrogen-bond acceptors (Lipinski definition) is 3. The van der Waals surface area contributed by atoms with E-state index in [4.69, 9.17) is 4.42 Å². The minimum absolute atomic E-state index is 0.761. The Morgan fingerprint density at radius 3 is 3.06 bits per heavy atom. The maximum Gasteiger partial charge on any atom is 0.152 e. The second-order valence-corrected chi connectivity index (χ2v) is 4.63. The average Bonchev–Trinajstić information content (AvgIpc) is 2.85. The van der Waals surface area contributed by atoms with Crippen molar-refractivity contribution in [1.82, 2.24) is 15.3 Å². The van der Waals surface area contributed by atoms with Gasteiger partial charge in [-0.1, -0.05) is 0 Å². The number of aromatic amines is 1. The van der Waals surface area contributed by atoms with Crippen LogP contribution in [-0.4, -0.2) is 22.6 Å². The Hall–Kier alpha value is -1.55. The van der Waals surface area contributed by atoms with E-state index in [1.54, 1.807) is 0 Å². The fourth-order valence-electron chi connectivity index (χ4n) is 1.88.